The van der Waals surface area contributed by atoms with Crippen LogP contribution in [-0.4, -0.2) is 71.9 Å². The predicted octanol–water partition coefficient (Wildman–Crippen LogP) is 3.90. The van der Waals surface area contributed by atoms with Gasteiger partial charge in [-0.15, -0.1) is 0 Å². The number of rotatable bonds is 6. The Morgan fingerprint density at radius 2 is 1.95 bits per heavy atom. The van der Waals surface area contributed by atoms with Crippen molar-refractivity contribution in [2.75, 3.05) is 24.2 Å². The monoisotopic (exact) mass is 512 g/mol. The van der Waals surface area contributed by atoms with Gasteiger partial charge in [-0.2, -0.15) is 15.1 Å². The summed E-state index contributed by atoms with van der Waals surface area (Å²) in [6.07, 6.45) is 6.62. The molecular formula is C26H34F2N8O. The lowest BCUT2D eigenvalue weighted by Gasteiger charge is -2.58. The zero-order valence-corrected chi connectivity index (χ0v) is 21.2. The van der Waals surface area contributed by atoms with Gasteiger partial charge < -0.3 is 20.3 Å². The second-order valence-electron chi connectivity index (χ2n) is 12.2. The average Bonchev–Trinajstić information content (AvgIpc) is 3.47. The zero-order valence-electron chi connectivity index (χ0n) is 21.2. The Hall–Kier alpha value is -2.79. The van der Waals surface area contributed by atoms with Crippen LogP contribution in [0.5, 0.6) is 0 Å². The highest BCUT2D eigenvalue weighted by atomic mass is 19.3. The van der Waals surface area contributed by atoms with Gasteiger partial charge >= 0.3 is 0 Å². The van der Waals surface area contributed by atoms with E-state index in [1.807, 2.05) is 29.8 Å². The first-order valence-electron chi connectivity index (χ1n) is 13.4. The summed E-state index contributed by atoms with van der Waals surface area (Å²) in [5.41, 5.74) is 1.13. The molecule has 0 amide bonds. The van der Waals surface area contributed by atoms with Gasteiger partial charge in [0.05, 0.1) is 17.5 Å². The van der Waals surface area contributed by atoms with Crippen LogP contribution in [0.4, 0.5) is 26.4 Å². The van der Waals surface area contributed by atoms with Crippen LogP contribution in [0.3, 0.4) is 0 Å². The lowest BCUT2D eigenvalue weighted by Crippen LogP contribution is -2.59. The molecule has 0 spiro atoms. The summed E-state index contributed by atoms with van der Waals surface area (Å²) >= 11 is 0. The molecule has 11 heteroatoms. The minimum atomic E-state index is -2.67. The number of aromatic nitrogens is 5. The number of alkyl halides is 2. The third-order valence-electron chi connectivity index (χ3n) is 9.15. The van der Waals surface area contributed by atoms with E-state index in [-0.39, 0.29) is 25.0 Å². The van der Waals surface area contributed by atoms with Gasteiger partial charge in [-0.05, 0) is 69.9 Å². The second kappa shape index (κ2) is 8.10. The van der Waals surface area contributed by atoms with E-state index in [4.69, 9.17) is 9.97 Å². The molecule has 4 heterocycles. The number of anilines is 3. The van der Waals surface area contributed by atoms with Gasteiger partial charge in [0.15, 0.2) is 5.82 Å². The molecule has 37 heavy (non-hydrogen) atoms. The van der Waals surface area contributed by atoms with Gasteiger partial charge in [-0.3, -0.25) is 10.00 Å². The maximum Gasteiger partial charge on any atom is 0.262 e. The van der Waals surface area contributed by atoms with E-state index >= 15 is 0 Å². The number of hydrogen-bond acceptors (Lipinski definition) is 7. The molecule has 3 aromatic rings. The molecule has 4 N–H and O–H groups in total. The van der Waals surface area contributed by atoms with E-state index in [1.54, 1.807) is 11.9 Å². The van der Waals surface area contributed by atoms with Crippen LogP contribution in [0.25, 0.3) is 11.0 Å². The maximum absolute atomic E-state index is 14.1. The molecule has 8 rings (SSSR count). The Bertz CT molecular complexity index is 1320. The summed E-state index contributed by atoms with van der Waals surface area (Å²) in [6.45, 7) is 2.14. The van der Waals surface area contributed by atoms with Crippen molar-refractivity contribution < 1.29 is 13.9 Å². The topological polar surface area (TPSA) is 107 Å². The van der Waals surface area contributed by atoms with Crippen molar-refractivity contribution in [3.63, 3.8) is 0 Å². The molecule has 198 valence electrons. The van der Waals surface area contributed by atoms with Crippen molar-refractivity contribution in [1.29, 1.82) is 0 Å². The SMILES string of the molecule is Cc1cc(Nc2nc(NC3C4CC5CC3CC(O)(C5)C4)nc3c2ccn3C[C@@H]2CC(F)(F)CN2C)n[nH]1. The highest BCUT2D eigenvalue weighted by molar-refractivity contribution is 5.90. The van der Waals surface area contributed by atoms with E-state index in [0.29, 0.717) is 47.5 Å². The molecule has 1 aliphatic heterocycles. The fraction of sp³-hybridized carbons (Fsp3) is 0.654. The van der Waals surface area contributed by atoms with Crippen LogP contribution < -0.4 is 10.6 Å². The average molecular weight is 513 g/mol. The lowest BCUT2D eigenvalue weighted by molar-refractivity contribution is -0.129. The fourth-order valence-corrected chi connectivity index (χ4v) is 7.83. The number of aryl methyl sites for hydroxylation is 1. The first kappa shape index (κ1) is 23.3. The summed E-state index contributed by atoms with van der Waals surface area (Å²) in [7, 11) is 1.76. The normalized spacial score (nSPS) is 34.5. The molecule has 4 bridgehead atoms. The third-order valence-corrected chi connectivity index (χ3v) is 9.15. The van der Waals surface area contributed by atoms with Crippen LogP contribution >= 0.6 is 0 Å². The predicted molar refractivity (Wildman–Crippen MR) is 136 cm³/mol. The quantitative estimate of drug-likeness (QED) is 0.397. The molecule has 1 saturated heterocycles. The molecule has 4 aliphatic carbocycles. The fourth-order valence-electron chi connectivity index (χ4n) is 7.83. The first-order valence-corrected chi connectivity index (χ1v) is 13.4. The molecule has 0 radical (unpaired) electrons. The largest absolute Gasteiger partial charge is 0.390 e. The van der Waals surface area contributed by atoms with Crippen LogP contribution in [-0.2, 0) is 6.54 Å². The van der Waals surface area contributed by atoms with Crippen LogP contribution in [0, 0.1) is 24.7 Å². The van der Waals surface area contributed by atoms with Gasteiger partial charge in [0.25, 0.3) is 5.92 Å². The Morgan fingerprint density at radius 1 is 1.16 bits per heavy atom. The summed E-state index contributed by atoms with van der Waals surface area (Å²) in [5.74, 6) is 0.565. The van der Waals surface area contributed by atoms with Gasteiger partial charge in [-0.1, -0.05) is 0 Å². The Balaban J connectivity index is 1.23. The molecular weight excluding hydrogens is 478 g/mol. The van der Waals surface area contributed by atoms with Crippen LogP contribution in [0.1, 0.15) is 44.2 Å². The molecule has 0 aromatic carbocycles. The van der Waals surface area contributed by atoms with Crippen molar-refractivity contribution in [2.24, 2.45) is 17.8 Å². The van der Waals surface area contributed by atoms with Crippen molar-refractivity contribution in [3.8, 4) is 0 Å². The Kier molecular flexibility index (Phi) is 5.11. The molecule has 3 atom stereocenters. The lowest BCUT2D eigenvalue weighted by atomic mass is 9.52. The van der Waals surface area contributed by atoms with Gasteiger partial charge in [0, 0.05) is 43.0 Å². The number of aliphatic hydroxyl groups is 1. The third kappa shape index (κ3) is 4.16. The van der Waals surface area contributed by atoms with E-state index in [2.05, 4.69) is 20.8 Å². The maximum atomic E-state index is 14.1. The van der Waals surface area contributed by atoms with Crippen LogP contribution in [0.2, 0.25) is 0 Å². The smallest absolute Gasteiger partial charge is 0.262 e. The Labute approximate surface area is 214 Å². The number of H-pyrrole nitrogens is 1. The van der Waals surface area contributed by atoms with Gasteiger partial charge in [-0.25, -0.2) is 8.78 Å². The van der Waals surface area contributed by atoms with Crippen molar-refractivity contribution in [3.05, 3.63) is 24.0 Å². The van der Waals surface area contributed by atoms with Gasteiger partial charge in [0.1, 0.15) is 11.5 Å². The van der Waals surface area contributed by atoms with Crippen molar-refractivity contribution in [2.45, 2.75) is 75.6 Å². The number of nitrogens with zero attached hydrogens (tertiary/aromatic N) is 5. The number of likely N-dealkylation sites (N-methyl/N-ethyl adjacent to an activating group) is 1. The van der Waals surface area contributed by atoms with Crippen molar-refractivity contribution in [1.82, 2.24) is 29.6 Å². The summed E-state index contributed by atoms with van der Waals surface area (Å²) in [6, 6.07) is 3.80. The minimum absolute atomic E-state index is 0.160. The van der Waals surface area contributed by atoms with E-state index in [9.17, 15) is 13.9 Å². The van der Waals surface area contributed by atoms with E-state index in [0.717, 1.165) is 43.2 Å². The molecule has 5 aliphatic rings. The molecule has 5 fully saturated rings. The minimum Gasteiger partial charge on any atom is -0.390 e. The zero-order chi connectivity index (χ0) is 25.5. The molecule has 4 saturated carbocycles. The number of aromatic amines is 1. The van der Waals surface area contributed by atoms with Crippen molar-refractivity contribution >= 4 is 28.6 Å². The summed E-state index contributed by atoms with van der Waals surface area (Å²) in [4.78, 5) is 11.5. The highest BCUT2D eigenvalue weighted by Gasteiger charge is 2.55. The molecule has 2 unspecified atom stereocenters. The number of halogens is 2. The van der Waals surface area contributed by atoms with E-state index in [1.165, 1.54) is 0 Å². The number of fused-ring (bicyclic) bond motifs is 1. The standard InChI is InChI=1S/C26H34F2N8O/c1-14-5-20(34-33-14)29-22-19-3-4-36(12-18-11-26(27,28)13-35(18)2)23(19)32-24(31-22)30-21-16-6-15-7-17(21)10-25(37,8-15)9-16/h3-5,15-18,21,37H,6-13H2,1-2H3,(H3,29,30,31,32,33,34)/t15?,16?,17?,18-,21?,25?/m0/s1. The van der Waals surface area contributed by atoms with Gasteiger partial charge in [0.2, 0.25) is 5.95 Å². The second-order valence-corrected chi connectivity index (χ2v) is 12.2. The first-order chi connectivity index (χ1) is 17.6. The Morgan fingerprint density at radius 3 is 2.59 bits per heavy atom. The highest BCUT2D eigenvalue weighted by Crippen LogP contribution is 2.56. The molecule has 3 aromatic heterocycles. The van der Waals surface area contributed by atoms with Crippen LogP contribution in [0.15, 0.2) is 18.3 Å². The number of hydrogen-bond donors (Lipinski definition) is 4. The summed E-state index contributed by atoms with van der Waals surface area (Å²) in [5, 5.41) is 26.0. The van der Waals surface area contributed by atoms with E-state index < -0.39 is 11.5 Å². The molecule has 9 nitrogen and oxygen atoms in total. The number of likely N-dealkylation sites (tertiary alicyclic amines) is 1. The summed E-state index contributed by atoms with van der Waals surface area (Å²) < 4.78 is 30.1. The number of nitrogens with one attached hydrogen (secondary N) is 3.